The SMILES string of the molecule is Cc1ccc(S(=O)(=O)OCCC2CCN(C(=O)[C@H](C)NCC(=O)OC(C)(C)C)CC2)cc1. The molecule has 8 nitrogen and oxygen atoms in total. The summed E-state index contributed by atoms with van der Waals surface area (Å²) < 4.78 is 35.0. The summed E-state index contributed by atoms with van der Waals surface area (Å²) in [7, 11) is -3.75. The Bertz CT molecular complexity index is 869. The molecule has 1 heterocycles. The molecule has 1 fully saturated rings. The second-order valence-electron chi connectivity index (χ2n) is 9.34. The van der Waals surface area contributed by atoms with E-state index in [2.05, 4.69) is 5.32 Å². The number of amides is 1. The minimum absolute atomic E-state index is 0.0204. The average Bonchev–Trinajstić information content (AvgIpc) is 2.71. The average molecular weight is 469 g/mol. The zero-order chi connectivity index (χ0) is 23.9. The van der Waals surface area contributed by atoms with E-state index in [0.717, 1.165) is 18.4 Å². The molecule has 32 heavy (non-hydrogen) atoms. The summed E-state index contributed by atoms with van der Waals surface area (Å²) in [4.78, 5) is 26.4. The molecule has 1 saturated heterocycles. The van der Waals surface area contributed by atoms with E-state index in [0.29, 0.717) is 25.4 Å². The van der Waals surface area contributed by atoms with Gasteiger partial charge in [0.05, 0.1) is 24.1 Å². The van der Waals surface area contributed by atoms with Crippen LogP contribution in [0.5, 0.6) is 0 Å². The Kier molecular flexibility index (Phi) is 9.24. The van der Waals surface area contributed by atoms with Gasteiger partial charge >= 0.3 is 5.97 Å². The number of rotatable bonds is 9. The summed E-state index contributed by atoms with van der Waals surface area (Å²) in [5, 5.41) is 2.93. The Labute approximate surface area is 191 Å². The maximum Gasteiger partial charge on any atom is 0.320 e. The van der Waals surface area contributed by atoms with Gasteiger partial charge in [-0.25, -0.2) is 0 Å². The normalized spacial score (nSPS) is 16.6. The molecule has 1 aliphatic heterocycles. The zero-order valence-corrected chi connectivity index (χ0v) is 20.5. The molecule has 1 N–H and O–H groups in total. The number of piperidine rings is 1. The number of likely N-dealkylation sites (tertiary alicyclic amines) is 1. The Morgan fingerprint density at radius 3 is 2.31 bits per heavy atom. The molecule has 1 aliphatic rings. The molecule has 0 spiro atoms. The van der Waals surface area contributed by atoms with Crippen molar-refractivity contribution in [1.29, 1.82) is 0 Å². The number of aryl methyl sites for hydroxylation is 1. The molecule has 1 atom stereocenters. The number of benzene rings is 1. The van der Waals surface area contributed by atoms with Gasteiger partial charge in [-0.1, -0.05) is 17.7 Å². The molecule has 0 aliphatic carbocycles. The van der Waals surface area contributed by atoms with Crippen LogP contribution in [-0.2, 0) is 28.6 Å². The van der Waals surface area contributed by atoms with Gasteiger partial charge in [-0.05, 0) is 71.9 Å². The summed E-state index contributed by atoms with van der Waals surface area (Å²) in [6.07, 6.45) is 2.20. The van der Waals surface area contributed by atoms with E-state index >= 15 is 0 Å². The molecule has 1 aromatic rings. The highest BCUT2D eigenvalue weighted by Crippen LogP contribution is 2.22. The minimum atomic E-state index is -3.75. The number of esters is 1. The summed E-state index contributed by atoms with van der Waals surface area (Å²) in [6, 6.07) is 6.10. The smallest absolute Gasteiger partial charge is 0.320 e. The van der Waals surface area contributed by atoms with Crippen molar-refractivity contribution in [3.05, 3.63) is 29.8 Å². The lowest BCUT2D eigenvalue weighted by molar-refractivity contribution is -0.153. The Balaban J connectivity index is 1.70. The maximum absolute atomic E-state index is 12.6. The Morgan fingerprint density at radius 1 is 1.16 bits per heavy atom. The standard InChI is InChI=1S/C23H36N2O6S/c1-17-6-8-20(9-7-17)32(28,29)30-15-12-19-10-13-25(14-11-19)22(27)18(2)24-16-21(26)31-23(3,4)5/h6-9,18-19,24H,10-16H2,1-5H3/t18-/m0/s1. The molecule has 0 aromatic heterocycles. The van der Waals surface area contributed by atoms with Gasteiger partial charge in [0, 0.05) is 13.1 Å². The molecular weight excluding hydrogens is 432 g/mol. The van der Waals surface area contributed by atoms with E-state index in [1.54, 1.807) is 56.9 Å². The van der Waals surface area contributed by atoms with Crippen LogP contribution in [0.4, 0.5) is 0 Å². The number of nitrogens with zero attached hydrogens (tertiary/aromatic N) is 1. The second kappa shape index (κ2) is 11.2. The van der Waals surface area contributed by atoms with Crippen molar-refractivity contribution < 1.29 is 26.9 Å². The molecule has 180 valence electrons. The summed E-state index contributed by atoms with van der Waals surface area (Å²) in [6.45, 7) is 10.3. The van der Waals surface area contributed by atoms with E-state index in [9.17, 15) is 18.0 Å². The molecule has 9 heteroatoms. The topological polar surface area (TPSA) is 102 Å². The number of hydrogen-bond donors (Lipinski definition) is 1. The van der Waals surface area contributed by atoms with Crippen LogP contribution >= 0.6 is 0 Å². The third-order valence-corrected chi connectivity index (χ3v) is 6.67. The Morgan fingerprint density at radius 2 is 1.75 bits per heavy atom. The van der Waals surface area contributed by atoms with Gasteiger partial charge < -0.3 is 9.64 Å². The molecule has 0 bridgehead atoms. The maximum atomic E-state index is 12.6. The first-order chi connectivity index (χ1) is 14.9. The second-order valence-corrected chi connectivity index (χ2v) is 11.0. The van der Waals surface area contributed by atoms with Crippen LogP contribution in [0, 0.1) is 12.8 Å². The van der Waals surface area contributed by atoms with Crippen LogP contribution < -0.4 is 5.32 Å². The van der Waals surface area contributed by atoms with Crippen molar-refractivity contribution in [2.45, 2.75) is 70.4 Å². The molecule has 0 radical (unpaired) electrons. The third-order valence-electron chi connectivity index (χ3n) is 5.34. The number of ether oxygens (including phenoxy) is 1. The van der Waals surface area contributed by atoms with Crippen molar-refractivity contribution in [1.82, 2.24) is 10.2 Å². The van der Waals surface area contributed by atoms with Crippen molar-refractivity contribution >= 4 is 22.0 Å². The van der Waals surface area contributed by atoms with Crippen LogP contribution in [0.25, 0.3) is 0 Å². The lowest BCUT2D eigenvalue weighted by Gasteiger charge is -2.33. The first-order valence-corrected chi connectivity index (χ1v) is 12.5. The van der Waals surface area contributed by atoms with Gasteiger partial charge in [-0.15, -0.1) is 0 Å². The first-order valence-electron chi connectivity index (χ1n) is 11.1. The van der Waals surface area contributed by atoms with E-state index in [1.807, 2.05) is 6.92 Å². The van der Waals surface area contributed by atoms with Crippen molar-refractivity contribution in [2.75, 3.05) is 26.2 Å². The quantitative estimate of drug-likeness (QED) is 0.439. The predicted octanol–water partition coefficient (Wildman–Crippen LogP) is 2.65. The lowest BCUT2D eigenvalue weighted by Crippen LogP contribution is -2.49. The van der Waals surface area contributed by atoms with Crippen LogP contribution in [0.1, 0.15) is 52.5 Å². The van der Waals surface area contributed by atoms with Gasteiger partial charge in [0.15, 0.2) is 0 Å². The summed E-state index contributed by atoms with van der Waals surface area (Å²) >= 11 is 0. The predicted molar refractivity (Wildman–Crippen MR) is 122 cm³/mol. The highest BCUT2D eigenvalue weighted by Gasteiger charge is 2.27. The summed E-state index contributed by atoms with van der Waals surface area (Å²) in [5.41, 5.74) is 0.427. The number of hydrogen-bond acceptors (Lipinski definition) is 7. The van der Waals surface area contributed by atoms with Gasteiger partial charge in [-0.3, -0.25) is 19.1 Å². The third kappa shape index (κ3) is 8.52. The van der Waals surface area contributed by atoms with Crippen LogP contribution in [0.15, 0.2) is 29.2 Å². The Hall–Kier alpha value is -1.97. The van der Waals surface area contributed by atoms with Crippen LogP contribution in [0.3, 0.4) is 0 Å². The van der Waals surface area contributed by atoms with E-state index in [-0.39, 0.29) is 24.0 Å². The molecule has 0 saturated carbocycles. The number of carbonyl (C=O) groups excluding carboxylic acids is 2. The molecule has 1 amide bonds. The molecular formula is C23H36N2O6S. The fraction of sp³-hybridized carbons (Fsp3) is 0.652. The fourth-order valence-corrected chi connectivity index (χ4v) is 4.44. The highest BCUT2D eigenvalue weighted by atomic mass is 32.2. The zero-order valence-electron chi connectivity index (χ0n) is 19.7. The van der Waals surface area contributed by atoms with Gasteiger partial charge in [-0.2, -0.15) is 8.42 Å². The van der Waals surface area contributed by atoms with Crippen molar-refractivity contribution in [3.8, 4) is 0 Å². The molecule has 0 unspecified atom stereocenters. The largest absolute Gasteiger partial charge is 0.459 e. The van der Waals surface area contributed by atoms with Crippen LogP contribution in [0.2, 0.25) is 0 Å². The number of nitrogens with one attached hydrogen (secondary N) is 1. The number of carbonyl (C=O) groups is 2. The van der Waals surface area contributed by atoms with Crippen molar-refractivity contribution in [2.24, 2.45) is 5.92 Å². The van der Waals surface area contributed by atoms with Gasteiger partial charge in [0.1, 0.15) is 5.60 Å². The highest BCUT2D eigenvalue weighted by molar-refractivity contribution is 7.86. The monoisotopic (exact) mass is 468 g/mol. The molecule has 1 aromatic carbocycles. The minimum Gasteiger partial charge on any atom is -0.459 e. The first kappa shape index (κ1) is 26.3. The van der Waals surface area contributed by atoms with E-state index < -0.39 is 27.7 Å². The van der Waals surface area contributed by atoms with E-state index in [4.69, 9.17) is 8.92 Å². The fourth-order valence-electron chi connectivity index (χ4n) is 3.51. The van der Waals surface area contributed by atoms with Gasteiger partial charge in [0.25, 0.3) is 10.1 Å². The summed E-state index contributed by atoms with van der Waals surface area (Å²) in [5.74, 6) is -0.140. The van der Waals surface area contributed by atoms with Crippen molar-refractivity contribution in [3.63, 3.8) is 0 Å². The molecule has 2 rings (SSSR count). The van der Waals surface area contributed by atoms with Crippen LogP contribution in [-0.4, -0.2) is 63.1 Å². The van der Waals surface area contributed by atoms with Gasteiger partial charge in [0.2, 0.25) is 5.91 Å². The van der Waals surface area contributed by atoms with E-state index in [1.165, 1.54) is 0 Å². The lowest BCUT2D eigenvalue weighted by atomic mass is 9.93.